The summed E-state index contributed by atoms with van der Waals surface area (Å²) in [5.74, 6) is 1.35. The van der Waals surface area contributed by atoms with E-state index in [-0.39, 0.29) is 0 Å². The quantitative estimate of drug-likeness (QED) is 0.0724. The second kappa shape index (κ2) is 80.8. The van der Waals surface area contributed by atoms with Gasteiger partial charge in [-0.2, -0.15) is 56.5 Å². The van der Waals surface area contributed by atoms with Crippen LogP contribution in [0.1, 0.15) is 109 Å². The summed E-state index contributed by atoms with van der Waals surface area (Å²) < 4.78 is 0. The highest BCUT2D eigenvalue weighted by Gasteiger charge is 1.79. The lowest BCUT2D eigenvalue weighted by Crippen LogP contribution is -1.69. The molecule has 9 heterocycles. The van der Waals surface area contributed by atoms with E-state index in [1.54, 1.807) is 69.7 Å². The molecular formula is C36H75N25. The molecule has 0 fully saturated rings. The molecule has 0 saturated carbocycles. The van der Waals surface area contributed by atoms with Crippen molar-refractivity contribution in [2.45, 2.75) is 111 Å². The molecule has 0 aliphatic carbocycles. The van der Waals surface area contributed by atoms with Gasteiger partial charge in [-0.05, 0) is 32.0 Å². The average molecular weight is 858 g/mol. The Labute approximate surface area is 361 Å². The molecule has 0 aliphatic heterocycles. The van der Waals surface area contributed by atoms with Gasteiger partial charge in [0.15, 0.2) is 11.6 Å². The summed E-state index contributed by atoms with van der Waals surface area (Å²) in [6, 6.07) is 5.72. The molecule has 0 spiro atoms. The van der Waals surface area contributed by atoms with Crippen LogP contribution in [0.4, 0.5) is 0 Å². The molecule has 0 amide bonds. The van der Waals surface area contributed by atoms with Gasteiger partial charge in [0, 0.05) is 37.2 Å². The number of imidazole rings is 1. The Bertz CT molecular complexity index is 1160. The number of H-pyrrole nitrogens is 9. The van der Waals surface area contributed by atoms with Crippen LogP contribution in [0, 0.1) is 13.8 Å². The van der Waals surface area contributed by atoms with Crippen molar-refractivity contribution in [3.05, 3.63) is 123 Å². The molecule has 0 bridgehead atoms. The number of aryl methyl sites for hydroxylation is 2. The first-order valence-electron chi connectivity index (χ1n) is 19.8. The molecule has 25 heteroatoms. The fourth-order valence-electron chi connectivity index (χ4n) is 1.80. The molecule has 9 rings (SSSR count). The second-order valence-corrected chi connectivity index (χ2v) is 6.95. The maximum Gasteiger partial charge on any atom is 0.171 e. The number of aromatic nitrogens is 25. The third-order valence-corrected chi connectivity index (χ3v) is 3.54. The highest BCUT2D eigenvalue weighted by atomic mass is 15.5. The van der Waals surface area contributed by atoms with Crippen LogP contribution in [0.25, 0.3) is 0 Å². The molecule has 0 saturated heterocycles. The van der Waals surface area contributed by atoms with E-state index in [0.717, 1.165) is 0 Å². The fourth-order valence-corrected chi connectivity index (χ4v) is 1.80. The first-order chi connectivity index (χ1) is 30.3. The van der Waals surface area contributed by atoms with Crippen LogP contribution in [0.3, 0.4) is 0 Å². The van der Waals surface area contributed by atoms with Gasteiger partial charge in [-0.15, -0.1) is 20.4 Å². The zero-order valence-corrected chi connectivity index (χ0v) is 39.0. The van der Waals surface area contributed by atoms with Gasteiger partial charge >= 0.3 is 0 Å². The van der Waals surface area contributed by atoms with Crippen molar-refractivity contribution in [2.24, 2.45) is 0 Å². The van der Waals surface area contributed by atoms with E-state index < -0.39 is 0 Å². The number of aromatic amines is 9. The van der Waals surface area contributed by atoms with Crippen LogP contribution >= 0.6 is 0 Å². The van der Waals surface area contributed by atoms with Gasteiger partial charge in [-0.1, -0.05) is 107 Å². The van der Waals surface area contributed by atoms with E-state index in [2.05, 4.69) is 128 Å². The lowest BCUT2D eigenvalue weighted by molar-refractivity contribution is 0.881. The smallest absolute Gasteiger partial charge is 0.171 e. The highest BCUT2D eigenvalue weighted by molar-refractivity contribution is 4.84. The third kappa shape index (κ3) is 77.7. The number of nitrogens with one attached hydrogen (secondary N) is 9. The number of hydrogen-bond donors (Lipinski definition) is 9. The Kier molecular flexibility index (Phi) is 90.2. The number of nitrogens with zero attached hydrogens (tertiary/aromatic N) is 16. The second-order valence-electron chi connectivity index (χ2n) is 6.95. The van der Waals surface area contributed by atoms with E-state index in [4.69, 9.17) is 0 Å². The van der Waals surface area contributed by atoms with Crippen LogP contribution in [0.5, 0.6) is 0 Å². The molecule has 0 atom stereocenters. The summed E-state index contributed by atoms with van der Waals surface area (Å²) in [6.45, 7) is 31.5. The van der Waals surface area contributed by atoms with Crippen molar-refractivity contribution in [3.63, 3.8) is 0 Å². The standard InChI is InChI=1S/C4H5N.2C3H4N2.2C2H4N4.4C2H3N3.7C2H6/c1-2-4-5-3-1;1-2-5-3-4-1;1-2-4-5-3-1;2*1-2-3-5-6-4-2;2*1-3-2-5-4-1;2*1-2-4-5-3-1;7*1-2/h1-5H;2*1-3H,(H,4,5);2*1H3,(H,3,4,5,6);4*1-2H,(H,3,4,5);7*1-2H3. The Morgan fingerprint density at radius 1 is 0.344 bits per heavy atom. The van der Waals surface area contributed by atoms with E-state index in [9.17, 15) is 0 Å². The van der Waals surface area contributed by atoms with E-state index in [1.165, 1.54) is 25.3 Å². The number of rotatable bonds is 0. The molecule has 0 unspecified atom stereocenters. The van der Waals surface area contributed by atoms with E-state index in [0.29, 0.717) is 11.6 Å². The summed E-state index contributed by atoms with van der Waals surface area (Å²) in [6.07, 6.45) is 24.5. The minimum Gasteiger partial charge on any atom is -0.368 e. The zero-order chi connectivity index (χ0) is 47.6. The molecule has 0 aromatic carbocycles. The van der Waals surface area contributed by atoms with Crippen LogP contribution < -0.4 is 0 Å². The molecule has 344 valence electrons. The molecule has 9 aromatic heterocycles. The average Bonchev–Trinajstić information content (AvgIpc) is 4.21. The van der Waals surface area contributed by atoms with Crippen molar-refractivity contribution < 1.29 is 0 Å². The van der Waals surface area contributed by atoms with Crippen molar-refractivity contribution in [3.8, 4) is 0 Å². The van der Waals surface area contributed by atoms with Crippen molar-refractivity contribution >= 4 is 0 Å². The number of hydrogen-bond acceptors (Lipinski definition) is 16. The molecule has 9 aromatic rings. The minimum atomic E-state index is 0.676. The lowest BCUT2D eigenvalue weighted by atomic mass is 10.7. The van der Waals surface area contributed by atoms with Crippen molar-refractivity contribution in [1.29, 1.82) is 0 Å². The van der Waals surface area contributed by atoms with Crippen LogP contribution in [-0.2, 0) is 0 Å². The van der Waals surface area contributed by atoms with Gasteiger partial charge in [0.25, 0.3) is 0 Å². The van der Waals surface area contributed by atoms with Gasteiger partial charge in [0.2, 0.25) is 0 Å². The Morgan fingerprint density at radius 3 is 0.869 bits per heavy atom. The van der Waals surface area contributed by atoms with Gasteiger partial charge in [-0.25, -0.2) is 15.0 Å². The Balaban J connectivity index is -0.000000104. The summed E-state index contributed by atoms with van der Waals surface area (Å²) in [7, 11) is 0. The van der Waals surface area contributed by atoms with Gasteiger partial charge < -0.3 is 9.97 Å². The van der Waals surface area contributed by atoms with E-state index >= 15 is 0 Å². The third-order valence-electron chi connectivity index (χ3n) is 3.54. The first-order valence-corrected chi connectivity index (χ1v) is 19.8. The van der Waals surface area contributed by atoms with Crippen molar-refractivity contribution in [2.75, 3.05) is 0 Å². The predicted molar refractivity (Wildman–Crippen MR) is 241 cm³/mol. The maximum atomic E-state index is 3.67. The Morgan fingerprint density at radius 2 is 0.770 bits per heavy atom. The van der Waals surface area contributed by atoms with E-state index in [1.807, 2.05) is 128 Å². The molecule has 9 N–H and O–H groups in total. The molecular weight excluding hydrogens is 783 g/mol. The summed E-state index contributed by atoms with van der Waals surface area (Å²) in [5, 5.41) is 62.3. The normalized spacial score (nSPS) is 7.02. The van der Waals surface area contributed by atoms with Crippen LogP contribution in [0.2, 0.25) is 0 Å². The summed E-state index contributed by atoms with van der Waals surface area (Å²) >= 11 is 0. The molecule has 61 heavy (non-hydrogen) atoms. The highest BCUT2D eigenvalue weighted by Crippen LogP contribution is 1.72. The monoisotopic (exact) mass is 858 g/mol. The minimum absolute atomic E-state index is 0.676. The Hall–Kier alpha value is -7.60. The number of tetrazole rings is 2. The maximum absolute atomic E-state index is 3.67. The van der Waals surface area contributed by atoms with Crippen LogP contribution in [0.15, 0.2) is 112 Å². The SMILES string of the molecule is CC.CC.CC.CC.CC.CC.CC.Cc1nn[nH]n1.Cc1nn[nH]n1.c1c[nH]cn1.c1cc[nH]c1.c1cn[nH]c1.c1cn[nH]n1.c1cn[nH]n1.c1nc[nH]n1.c1nc[nH]n1. The topological polar surface area (TPSA) is 348 Å². The summed E-state index contributed by atoms with van der Waals surface area (Å²) in [4.78, 5) is 16.4. The van der Waals surface area contributed by atoms with Crippen molar-refractivity contribution in [1.82, 2.24) is 128 Å². The molecule has 25 nitrogen and oxygen atoms in total. The molecule has 0 radical (unpaired) electrons. The van der Waals surface area contributed by atoms with Gasteiger partial charge in [0.1, 0.15) is 25.3 Å². The van der Waals surface area contributed by atoms with Gasteiger partial charge in [0.05, 0.1) is 31.1 Å². The largest absolute Gasteiger partial charge is 0.368 e. The first kappa shape index (κ1) is 68.1. The predicted octanol–water partition coefficient (Wildman–Crippen LogP) is 7.25. The molecule has 0 aliphatic rings. The zero-order valence-electron chi connectivity index (χ0n) is 39.0. The fraction of sp³-hybridized carbons (Fsp3) is 0.444. The summed E-state index contributed by atoms with van der Waals surface area (Å²) in [5.41, 5.74) is 0. The van der Waals surface area contributed by atoms with Gasteiger partial charge in [-0.3, -0.25) is 15.3 Å². The van der Waals surface area contributed by atoms with Crippen LogP contribution in [-0.4, -0.2) is 128 Å². The lowest BCUT2D eigenvalue weighted by Gasteiger charge is -1.59.